The van der Waals surface area contributed by atoms with Gasteiger partial charge in [0, 0.05) is 12.0 Å². The number of nitrogens with two attached hydrogens (primary N) is 1. The SMILES string of the molecule is CCc1occc1C(NN)c1ccc(C2CCC2)cc1. The van der Waals surface area contributed by atoms with Gasteiger partial charge in [0.05, 0.1) is 12.3 Å². The Bertz CT molecular complexity index is 555. The van der Waals surface area contributed by atoms with E-state index in [1.807, 2.05) is 6.07 Å². The average Bonchev–Trinajstić information content (AvgIpc) is 2.88. The number of hydrogen-bond donors (Lipinski definition) is 2. The van der Waals surface area contributed by atoms with Crippen molar-refractivity contribution in [1.29, 1.82) is 0 Å². The summed E-state index contributed by atoms with van der Waals surface area (Å²) in [6.45, 7) is 2.09. The maximum atomic E-state index is 5.76. The molecule has 20 heavy (non-hydrogen) atoms. The quantitative estimate of drug-likeness (QED) is 0.644. The Morgan fingerprint density at radius 2 is 2.00 bits per heavy atom. The zero-order valence-corrected chi connectivity index (χ0v) is 11.9. The third-order valence-electron chi connectivity index (χ3n) is 4.43. The van der Waals surface area contributed by atoms with Gasteiger partial charge in [-0.3, -0.25) is 5.84 Å². The fraction of sp³-hybridized carbons (Fsp3) is 0.412. The van der Waals surface area contributed by atoms with Crippen LogP contribution in [0.2, 0.25) is 0 Å². The van der Waals surface area contributed by atoms with Gasteiger partial charge in [-0.1, -0.05) is 37.6 Å². The molecule has 1 heterocycles. The fourth-order valence-electron chi connectivity index (χ4n) is 2.96. The van der Waals surface area contributed by atoms with E-state index in [0.29, 0.717) is 0 Å². The second kappa shape index (κ2) is 5.81. The largest absolute Gasteiger partial charge is 0.469 e. The molecule has 1 unspecified atom stereocenters. The number of nitrogens with one attached hydrogen (secondary N) is 1. The van der Waals surface area contributed by atoms with Crippen LogP contribution in [0.3, 0.4) is 0 Å². The molecule has 0 bridgehead atoms. The van der Waals surface area contributed by atoms with Crippen molar-refractivity contribution in [3.63, 3.8) is 0 Å². The number of aryl methyl sites for hydroxylation is 1. The van der Waals surface area contributed by atoms with Crippen LogP contribution >= 0.6 is 0 Å². The van der Waals surface area contributed by atoms with E-state index in [9.17, 15) is 0 Å². The highest BCUT2D eigenvalue weighted by Gasteiger charge is 2.21. The lowest BCUT2D eigenvalue weighted by molar-refractivity contribution is 0.419. The van der Waals surface area contributed by atoms with Crippen LogP contribution in [0.4, 0.5) is 0 Å². The monoisotopic (exact) mass is 270 g/mol. The van der Waals surface area contributed by atoms with Gasteiger partial charge in [-0.25, -0.2) is 5.43 Å². The minimum atomic E-state index is -0.000796. The van der Waals surface area contributed by atoms with Crippen molar-refractivity contribution in [3.8, 4) is 0 Å². The molecule has 2 aromatic rings. The van der Waals surface area contributed by atoms with Crippen LogP contribution < -0.4 is 11.3 Å². The zero-order valence-electron chi connectivity index (χ0n) is 11.9. The second-order valence-electron chi connectivity index (χ2n) is 5.55. The third-order valence-corrected chi connectivity index (χ3v) is 4.43. The molecule has 3 heteroatoms. The maximum absolute atomic E-state index is 5.76. The summed E-state index contributed by atoms with van der Waals surface area (Å²) in [5, 5.41) is 0. The highest BCUT2D eigenvalue weighted by atomic mass is 16.3. The number of furan rings is 1. The molecule has 0 spiro atoms. The van der Waals surface area contributed by atoms with Crippen LogP contribution in [-0.4, -0.2) is 0 Å². The number of rotatable bonds is 5. The summed E-state index contributed by atoms with van der Waals surface area (Å²) in [6.07, 6.45) is 6.65. The minimum absolute atomic E-state index is 0.000796. The highest BCUT2D eigenvalue weighted by molar-refractivity contribution is 5.36. The molecular weight excluding hydrogens is 248 g/mol. The van der Waals surface area contributed by atoms with Gasteiger partial charge in [0.25, 0.3) is 0 Å². The van der Waals surface area contributed by atoms with E-state index in [1.165, 1.54) is 30.4 Å². The van der Waals surface area contributed by atoms with Gasteiger partial charge in [-0.15, -0.1) is 0 Å². The van der Waals surface area contributed by atoms with Crippen LogP contribution in [0.5, 0.6) is 0 Å². The lowest BCUT2D eigenvalue weighted by Gasteiger charge is -2.26. The molecule has 3 rings (SSSR count). The van der Waals surface area contributed by atoms with Gasteiger partial charge >= 0.3 is 0 Å². The van der Waals surface area contributed by atoms with E-state index in [-0.39, 0.29) is 6.04 Å². The van der Waals surface area contributed by atoms with Crippen LogP contribution in [0, 0.1) is 0 Å². The molecule has 0 radical (unpaired) electrons. The van der Waals surface area contributed by atoms with Crippen molar-refractivity contribution in [2.75, 3.05) is 0 Å². The van der Waals surface area contributed by atoms with Crippen LogP contribution in [0.1, 0.15) is 60.6 Å². The lowest BCUT2D eigenvalue weighted by Crippen LogP contribution is -2.29. The van der Waals surface area contributed by atoms with Gasteiger partial charge in [0.2, 0.25) is 0 Å². The number of benzene rings is 1. The fourth-order valence-corrected chi connectivity index (χ4v) is 2.96. The van der Waals surface area contributed by atoms with E-state index >= 15 is 0 Å². The molecule has 106 valence electrons. The van der Waals surface area contributed by atoms with Crippen molar-refractivity contribution in [3.05, 3.63) is 59.0 Å². The van der Waals surface area contributed by atoms with Crippen molar-refractivity contribution in [2.45, 2.75) is 44.6 Å². The molecule has 1 atom stereocenters. The smallest absolute Gasteiger partial charge is 0.108 e. The summed E-state index contributed by atoms with van der Waals surface area (Å²) in [5.41, 5.74) is 6.69. The van der Waals surface area contributed by atoms with Crippen molar-refractivity contribution in [2.24, 2.45) is 5.84 Å². The molecular formula is C17H22N2O. The summed E-state index contributed by atoms with van der Waals surface area (Å²) in [5.74, 6) is 7.53. The van der Waals surface area contributed by atoms with E-state index in [0.717, 1.165) is 23.7 Å². The Kier molecular flexibility index (Phi) is 3.90. The Hall–Kier alpha value is -1.58. The van der Waals surface area contributed by atoms with Crippen molar-refractivity contribution >= 4 is 0 Å². The predicted molar refractivity (Wildman–Crippen MR) is 80.3 cm³/mol. The Morgan fingerprint density at radius 1 is 1.25 bits per heavy atom. The first-order valence-electron chi connectivity index (χ1n) is 7.45. The number of hydrazine groups is 1. The first-order valence-corrected chi connectivity index (χ1v) is 7.45. The minimum Gasteiger partial charge on any atom is -0.469 e. The summed E-state index contributed by atoms with van der Waals surface area (Å²) in [4.78, 5) is 0. The van der Waals surface area contributed by atoms with E-state index in [4.69, 9.17) is 10.3 Å². The Labute approximate surface area is 120 Å². The van der Waals surface area contributed by atoms with Crippen LogP contribution in [-0.2, 0) is 6.42 Å². The summed E-state index contributed by atoms with van der Waals surface area (Å²) in [7, 11) is 0. The standard InChI is InChI=1S/C17H22N2O/c1-2-16-15(10-11-20-16)17(19-18)14-8-6-13(7-9-14)12-4-3-5-12/h6-12,17,19H,2-5,18H2,1H3. The topological polar surface area (TPSA) is 51.2 Å². The molecule has 3 nitrogen and oxygen atoms in total. The Balaban J connectivity index is 1.85. The van der Waals surface area contributed by atoms with Crippen LogP contribution in [0.25, 0.3) is 0 Å². The molecule has 0 amide bonds. The molecule has 0 aliphatic heterocycles. The normalized spacial score (nSPS) is 16.9. The summed E-state index contributed by atoms with van der Waals surface area (Å²) in [6, 6.07) is 10.9. The molecule has 1 aromatic heterocycles. The number of hydrogen-bond acceptors (Lipinski definition) is 3. The van der Waals surface area contributed by atoms with E-state index in [2.05, 4.69) is 36.6 Å². The molecule has 0 saturated heterocycles. The molecule has 1 saturated carbocycles. The second-order valence-corrected chi connectivity index (χ2v) is 5.55. The van der Waals surface area contributed by atoms with Gasteiger partial charge in [-0.05, 0) is 36.0 Å². The zero-order chi connectivity index (χ0) is 13.9. The Morgan fingerprint density at radius 3 is 2.55 bits per heavy atom. The summed E-state index contributed by atoms with van der Waals surface area (Å²) >= 11 is 0. The van der Waals surface area contributed by atoms with Crippen molar-refractivity contribution < 1.29 is 4.42 Å². The maximum Gasteiger partial charge on any atom is 0.108 e. The van der Waals surface area contributed by atoms with Gasteiger partial charge in [-0.2, -0.15) is 0 Å². The van der Waals surface area contributed by atoms with Gasteiger partial charge in [0.15, 0.2) is 0 Å². The van der Waals surface area contributed by atoms with Gasteiger partial charge in [0.1, 0.15) is 5.76 Å². The molecule has 1 aliphatic carbocycles. The lowest BCUT2D eigenvalue weighted by atomic mass is 9.79. The first-order chi connectivity index (χ1) is 9.83. The first kappa shape index (κ1) is 13.4. The third kappa shape index (κ3) is 2.39. The van der Waals surface area contributed by atoms with E-state index in [1.54, 1.807) is 6.26 Å². The molecule has 3 N–H and O–H groups in total. The van der Waals surface area contributed by atoms with Crippen molar-refractivity contribution in [1.82, 2.24) is 5.43 Å². The molecule has 1 aromatic carbocycles. The molecule has 1 fully saturated rings. The van der Waals surface area contributed by atoms with Crippen LogP contribution in [0.15, 0.2) is 41.0 Å². The summed E-state index contributed by atoms with van der Waals surface area (Å²) < 4.78 is 5.51. The van der Waals surface area contributed by atoms with E-state index < -0.39 is 0 Å². The predicted octanol–water partition coefficient (Wildman–Crippen LogP) is 3.66. The average molecular weight is 270 g/mol. The molecule has 1 aliphatic rings. The van der Waals surface area contributed by atoms with Gasteiger partial charge < -0.3 is 4.42 Å². The highest BCUT2D eigenvalue weighted by Crippen LogP contribution is 2.37.